The Kier molecular flexibility index (Phi) is 8.49. The molecule has 1 fully saturated rings. The number of nitrogens with one attached hydrogen (secondary N) is 2. The Morgan fingerprint density at radius 2 is 1.74 bits per heavy atom. The van der Waals surface area contributed by atoms with Gasteiger partial charge in [0.05, 0.1) is 5.52 Å². The average Bonchev–Trinajstić information content (AvgIpc) is 3.43. The maximum Gasteiger partial charge on any atom is 0.387 e. The van der Waals surface area contributed by atoms with E-state index in [9.17, 15) is 18.4 Å². The number of carbonyl (C=O) groups excluding carboxylic acids is 2. The van der Waals surface area contributed by atoms with Crippen molar-refractivity contribution in [3.8, 4) is 16.9 Å². The van der Waals surface area contributed by atoms with Crippen molar-refractivity contribution in [3.63, 3.8) is 0 Å². The van der Waals surface area contributed by atoms with Gasteiger partial charge < -0.3 is 29.7 Å². The third-order valence-electron chi connectivity index (χ3n) is 7.75. The van der Waals surface area contributed by atoms with E-state index >= 15 is 4.39 Å². The van der Waals surface area contributed by atoms with E-state index in [0.717, 1.165) is 18.8 Å². The highest BCUT2D eigenvalue weighted by atomic mass is 19.3. The molecule has 2 N–H and O–H groups in total. The molecular weight excluding hydrogens is 547 g/mol. The average molecular weight is 584 g/mol. The summed E-state index contributed by atoms with van der Waals surface area (Å²) < 4.78 is 48.7. The molecule has 2 aliphatic heterocycles. The Bertz CT molecular complexity index is 1530. The number of nitrogens with zero attached hydrogens (tertiary/aromatic N) is 3. The quantitative estimate of drug-likeness (QED) is 0.411. The maximum atomic E-state index is 16.3. The Morgan fingerprint density at radius 3 is 2.40 bits per heavy atom. The lowest BCUT2D eigenvalue weighted by Gasteiger charge is -2.30. The van der Waals surface area contributed by atoms with Crippen LogP contribution in [0.15, 0.2) is 36.4 Å². The van der Waals surface area contributed by atoms with Crippen molar-refractivity contribution in [2.75, 3.05) is 58.3 Å². The van der Waals surface area contributed by atoms with E-state index in [0.29, 0.717) is 48.1 Å². The number of aromatic amines is 1. The van der Waals surface area contributed by atoms with Gasteiger partial charge in [0.1, 0.15) is 11.4 Å². The third kappa shape index (κ3) is 5.83. The summed E-state index contributed by atoms with van der Waals surface area (Å²) in [6, 6.07) is 8.29. The number of benzene rings is 2. The van der Waals surface area contributed by atoms with Crippen LogP contribution in [0.2, 0.25) is 0 Å². The van der Waals surface area contributed by atoms with Crippen LogP contribution in [0.25, 0.3) is 27.6 Å². The molecule has 11 heteroatoms. The molecule has 3 aromatic rings. The fourth-order valence-corrected chi connectivity index (χ4v) is 5.61. The summed E-state index contributed by atoms with van der Waals surface area (Å²) in [5, 5.41) is 3.64. The lowest BCUT2D eigenvalue weighted by Crippen LogP contribution is -2.43. The number of halogens is 3. The molecule has 0 unspecified atom stereocenters. The number of rotatable bonds is 7. The van der Waals surface area contributed by atoms with Gasteiger partial charge in [-0.05, 0) is 41.8 Å². The number of alkyl halides is 2. The minimum Gasteiger partial charge on any atom is -0.434 e. The highest BCUT2D eigenvalue weighted by molar-refractivity contribution is 6.05. The largest absolute Gasteiger partial charge is 0.434 e. The summed E-state index contributed by atoms with van der Waals surface area (Å²) in [6.45, 7) is 4.28. The van der Waals surface area contributed by atoms with Crippen LogP contribution in [0.3, 0.4) is 0 Å². The van der Waals surface area contributed by atoms with Crippen molar-refractivity contribution in [1.29, 1.82) is 0 Å². The number of piperazine rings is 1. The Hall–Kier alpha value is -3.99. The van der Waals surface area contributed by atoms with E-state index in [-0.39, 0.29) is 46.8 Å². The molecule has 0 radical (unpaired) electrons. The van der Waals surface area contributed by atoms with E-state index in [1.807, 2.05) is 26.0 Å². The van der Waals surface area contributed by atoms with E-state index in [1.54, 1.807) is 43.3 Å². The smallest absolute Gasteiger partial charge is 0.387 e. The topological polar surface area (TPSA) is 80.9 Å². The van der Waals surface area contributed by atoms with Crippen molar-refractivity contribution in [2.24, 2.45) is 5.92 Å². The first-order chi connectivity index (χ1) is 20.0. The second-order valence-electron chi connectivity index (χ2n) is 11.2. The highest BCUT2D eigenvalue weighted by Crippen LogP contribution is 2.42. The van der Waals surface area contributed by atoms with E-state index in [4.69, 9.17) is 4.74 Å². The molecule has 0 saturated carbocycles. The molecule has 1 saturated heterocycles. The number of carbonyl (C=O) groups is 2. The lowest BCUT2D eigenvalue weighted by molar-refractivity contribution is -0.133. The predicted molar refractivity (Wildman–Crippen MR) is 157 cm³/mol. The Balaban J connectivity index is 1.69. The summed E-state index contributed by atoms with van der Waals surface area (Å²) in [5.74, 6) is -1.22. The Labute approximate surface area is 243 Å². The van der Waals surface area contributed by atoms with Crippen LogP contribution in [-0.4, -0.2) is 86.6 Å². The number of anilines is 1. The fourth-order valence-electron chi connectivity index (χ4n) is 5.61. The SMILES string of the molecule is CC(C)C(=O)N1CCC=C(c2cc(-c3ccc(N4CCNCC4)cc3OC(F)F)c3cc(C(=O)N(C)C)[nH]c3c2F)C1. The number of hydrogen-bond donors (Lipinski definition) is 2. The van der Waals surface area contributed by atoms with Gasteiger partial charge in [-0.25, -0.2) is 4.39 Å². The van der Waals surface area contributed by atoms with Gasteiger partial charge in [0.2, 0.25) is 5.91 Å². The lowest BCUT2D eigenvalue weighted by atomic mass is 9.92. The number of hydrogen-bond acceptors (Lipinski definition) is 5. The molecule has 2 amide bonds. The van der Waals surface area contributed by atoms with Crippen molar-refractivity contribution >= 4 is 34.0 Å². The first kappa shape index (κ1) is 29.5. The van der Waals surface area contributed by atoms with Crippen LogP contribution in [0, 0.1) is 11.7 Å². The summed E-state index contributed by atoms with van der Waals surface area (Å²) in [5.41, 5.74) is 2.61. The van der Waals surface area contributed by atoms with Crippen LogP contribution in [-0.2, 0) is 4.79 Å². The summed E-state index contributed by atoms with van der Waals surface area (Å²) in [7, 11) is 3.18. The predicted octanol–water partition coefficient (Wildman–Crippen LogP) is 4.96. The van der Waals surface area contributed by atoms with Gasteiger partial charge in [0.15, 0.2) is 5.82 Å². The van der Waals surface area contributed by atoms with E-state index in [2.05, 4.69) is 15.2 Å². The molecule has 0 atom stereocenters. The van der Waals surface area contributed by atoms with Gasteiger partial charge in [0, 0.05) is 87.5 Å². The fraction of sp³-hybridized carbons (Fsp3) is 0.419. The molecule has 8 nitrogen and oxygen atoms in total. The zero-order chi connectivity index (χ0) is 30.1. The molecule has 2 aliphatic rings. The molecule has 0 spiro atoms. The number of H-pyrrole nitrogens is 1. The number of ether oxygens (including phenoxy) is 1. The first-order valence-electron chi connectivity index (χ1n) is 14.1. The number of aromatic nitrogens is 1. The summed E-state index contributed by atoms with van der Waals surface area (Å²) in [6.07, 6.45) is 2.45. The molecule has 0 aliphatic carbocycles. The maximum absolute atomic E-state index is 16.3. The minimum absolute atomic E-state index is 0.0304. The van der Waals surface area contributed by atoms with Gasteiger partial charge >= 0.3 is 6.61 Å². The van der Waals surface area contributed by atoms with Crippen LogP contribution in [0.1, 0.15) is 36.3 Å². The highest BCUT2D eigenvalue weighted by Gasteiger charge is 2.27. The molecular formula is C31H36F3N5O3. The van der Waals surface area contributed by atoms with Crippen LogP contribution < -0.4 is 15.0 Å². The van der Waals surface area contributed by atoms with Gasteiger partial charge in [-0.15, -0.1) is 0 Å². The van der Waals surface area contributed by atoms with E-state index < -0.39 is 12.4 Å². The molecule has 5 rings (SSSR count). The summed E-state index contributed by atoms with van der Waals surface area (Å²) in [4.78, 5) is 33.7. The second-order valence-corrected chi connectivity index (χ2v) is 11.2. The van der Waals surface area contributed by atoms with Crippen LogP contribution in [0.5, 0.6) is 5.75 Å². The van der Waals surface area contributed by atoms with Crippen LogP contribution in [0.4, 0.5) is 18.9 Å². The van der Waals surface area contributed by atoms with Crippen molar-refractivity contribution in [2.45, 2.75) is 26.9 Å². The molecule has 224 valence electrons. The number of amides is 2. The van der Waals surface area contributed by atoms with E-state index in [1.165, 1.54) is 4.90 Å². The van der Waals surface area contributed by atoms with Gasteiger partial charge in [-0.3, -0.25) is 9.59 Å². The number of fused-ring (bicyclic) bond motifs is 1. The van der Waals surface area contributed by atoms with Crippen molar-refractivity contribution < 1.29 is 27.5 Å². The summed E-state index contributed by atoms with van der Waals surface area (Å²) >= 11 is 0. The second kappa shape index (κ2) is 12.1. The van der Waals surface area contributed by atoms with Crippen molar-refractivity contribution in [3.05, 3.63) is 53.5 Å². The molecule has 2 aromatic carbocycles. The van der Waals surface area contributed by atoms with Crippen molar-refractivity contribution in [1.82, 2.24) is 20.1 Å². The Morgan fingerprint density at radius 1 is 1.00 bits per heavy atom. The van der Waals surface area contributed by atoms with Gasteiger partial charge in [0.25, 0.3) is 5.91 Å². The van der Waals surface area contributed by atoms with Gasteiger partial charge in [-0.2, -0.15) is 8.78 Å². The minimum atomic E-state index is -3.08. The monoisotopic (exact) mass is 583 g/mol. The zero-order valence-corrected chi connectivity index (χ0v) is 24.3. The molecule has 42 heavy (non-hydrogen) atoms. The van der Waals surface area contributed by atoms with Crippen LogP contribution >= 0.6 is 0 Å². The first-order valence-corrected chi connectivity index (χ1v) is 14.1. The molecule has 1 aromatic heterocycles. The standard InChI is InChI=1S/C31H36F3N5O3/c1-18(2)29(40)39-11-5-6-19(17-39)22-15-23(24-16-25(30(41)37(3)4)36-28(24)27(22)32)21-8-7-20(14-26(21)42-31(33)34)38-12-9-35-10-13-38/h6-8,14-16,18,31,35-36H,5,9-13,17H2,1-4H3. The third-order valence-corrected chi connectivity index (χ3v) is 7.75. The normalized spacial score (nSPS) is 15.9. The van der Waals surface area contributed by atoms with Gasteiger partial charge in [-0.1, -0.05) is 19.9 Å². The molecule has 0 bridgehead atoms. The zero-order valence-electron chi connectivity index (χ0n) is 24.3. The molecule has 3 heterocycles.